The number of hydrogen-bond acceptors (Lipinski definition) is 5. The van der Waals surface area contributed by atoms with Crippen LogP contribution in [0.5, 0.6) is 0 Å². The monoisotopic (exact) mass is 377 g/mol. The number of benzene rings is 2. The summed E-state index contributed by atoms with van der Waals surface area (Å²) in [4.78, 5) is 21.6. The fourth-order valence-electron chi connectivity index (χ4n) is 3.00. The summed E-state index contributed by atoms with van der Waals surface area (Å²) in [6.07, 6.45) is 0. The lowest BCUT2D eigenvalue weighted by Crippen LogP contribution is -2.15. The van der Waals surface area contributed by atoms with Crippen molar-refractivity contribution in [3.8, 4) is 0 Å². The Morgan fingerprint density at radius 1 is 1.11 bits per heavy atom. The molecule has 6 nitrogen and oxygen atoms in total. The number of anilines is 1. The molecule has 4 aromatic rings. The van der Waals surface area contributed by atoms with Gasteiger partial charge in [0.1, 0.15) is 5.82 Å². The van der Waals surface area contributed by atoms with Crippen LogP contribution < -0.4 is 5.32 Å². The Morgan fingerprint density at radius 2 is 1.93 bits per heavy atom. The number of amides is 1. The highest BCUT2D eigenvalue weighted by Crippen LogP contribution is 2.24. The molecule has 2 aromatic heterocycles. The first-order valence-electron chi connectivity index (χ1n) is 8.63. The number of aromatic nitrogens is 4. The van der Waals surface area contributed by atoms with Crippen LogP contribution in [0.3, 0.4) is 0 Å². The molecule has 1 N–H and O–H groups in total. The van der Waals surface area contributed by atoms with Crippen LogP contribution in [-0.4, -0.2) is 31.2 Å². The molecule has 0 atom stereocenters. The summed E-state index contributed by atoms with van der Waals surface area (Å²) < 4.78 is 1.72. The van der Waals surface area contributed by atoms with E-state index in [0.717, 1.165) is 27.8 Å². The van der Waals surface area contributed by atoms with Crippen LogP contribution in [0, 0.1) is 20.8 Å². The molecular weight excluding hydrogens is 358 g/mol. The number of para-hydroxylation sites is 1. The SMILES string of the molecule is Cc1ccc(NC(=O)CSc2nc3ccccc3c3nc(C)nn23)c(C)c1. The summed E-state index contributed by atoms with van der Waals surface area (Å²) in [5, 5.41) is 9.00. The molecule has 0 radical (unpaired) electrons. The summed E-state index contributed by atoms with van der Waals surface area (Å²) >= 11 is 1.35. The summed E-state index contributed by atoms with van der Waals surface area (Å²) in [6, 6.07) is 13.8. The molecule has 27 heavy (non-hydrogen) atoms. The molecule has 1 amide bonds. The van der Waals surface area contributed by atoms with Crippen molar-refractivity contribution in [3.05, 3.63) is 59.4 Å². The van der Waals surface area contributed by atoms with E-state index >= 15 is 0 Å². The van der Waals surface area contributed by atoms with Gasteiger partial charge in [-0.15, -0.1) is 5.10 Å². The quantitative estimate of drug-likeness (QED) is 0.431. The number of nitrogens with one attached hydrogen (secondary N) is 1. The minimum atomic E-state index is -0.0769. The lowest BCUT2D eigenvalue weighted by Gasteiger charge is -2.09. The summed E-state index contributed by atoms with van der Waals surface area (Å²) in [5.74, 6) is 0.841. The number of aryl methyl sites for hydroxylation is 3. The van der Waals surface area contributed by atoms with Crippen LogP contribution in [0.4, 0.5) is 5.69 Å². The first kappa shape index (κ1) is 17.5. The molecule has 0 fully saturated rings. The van der Waals surface area contributed by atoms with Crippen LogP contribution in [0.2, 0.25) is 0 Å². The van der Waals surface area contributed by atoms with E-state index in [-0.39, 0.29) is 11.7 Å². The molecule has 0 saturated carbocycles. The normalized spacial score (nSPS) is 11.2. The largest absolute Gasteiger partial charge is 0.325 e. The van der Waals surface area contributed by atoms with Gasteiger partial charge in [-0.1, -0.05) is 41.6 Å². The van der Waals surface area contributed by atoms with Gasteiger partial charge in [0.15, 0.2) is 10.8 Å². The molecule has 0 aliphatic carbocycles. The maximum atomic E-state index is 12.4. The fourth-order valence-corrected chi connectivity index (χ4v) is 3.74. The molecule has 0 unspecified atom stereocenters. The average Bonchev–Trinajstić information content (AvgIpc) is 3.04. The van der Waals surface area contributed by atoms with Gasteiger partial charge in [-0.25, -0.2) is 9.97 Å². The molecule has 0 spiro atoms. The minimum Gasteiger partial charge on any atom is -0.325 e. The van der Waals surface area contributed by atoms with Gasteiger partial charge in [-0.05, 0) is 44.5 Å². The maximum absolute atomic E-state index is 12.4. The van der Waals surface area contributed by atoms with Crippen molar-refractivity contribution in [2.75, 3.05) is 11.1 Å². The van der Waals surface area contributed by atoms with E-state index in [1.165, 1.54) is 17.3 Å². The van der Waals surface area contributed by atoms with Gasteiger partial charge in [0, 0.05) is 11.1 Å². The van der Waals surface area contributed by atoms with Crippen molar-refractivity contribution in [3.63, 3.8) is 0 Å². The second-order valence-corrected chi connectivity index (χ2v) is 7.40. The Bertz CT molecular complexity index is 1170. The number of fused-ring (bicyclic) bond motifs is 3. The number of rotatable bonds is 4. The Hall–Kier alpha value is -2.93. The third kappa shape index (κ3) is 3.50. The van der Waals surface area contributed by atoms with Gasteiger partial charge in [0.25, 0.3) is 0 Å². The van der Waals surface area contributed by atoms with Gasteiger partial charge in [-0.2, -0.15) is 4.52 Å². The van der Waals surface area contributed by atoms with Crippen LogP contribution in [-0.2, 0) is 4.79 Å². The van der Waals surface area contributed by atoms with E-state index in [0.29, 0.717) is 11.0 Å². The highest BCUT2D eigenvalue weighted by molar-refractivity contribution is 7.99. The highest BCUT2D eigenvalue weighted by atomic mass is 32.2. The molecule has 4 rings (SSSR count). The summed E-state index contributed by atoms with van der Waals surface area (Å²) in [6.45, 7) is 5.87. The van der Waals surface area contributed by atoms with Gasteiger partial charge in [0.2, 0.25) is 5.91 Å². The second-order valence-electron chi connectivity index (χ2n) is 6.46. The van der Waals surface area contributed by atoms with E-state index in [1.807, 2.05) is 57.2 Å². The highest BCUT2D eigenvalue weighted by Gasteiger charge is 2.14. The van der Waals surface area contributed by atoms with Crippen molar-refractivity contribution in [2.24, 2.45) is 0 Å². The fraction of sp³-hybridized carbons (Fsp3) is 0.200. The van der Waals surface area contributed by atoms with E-state index in [1.54, 1.807) is 4.52 Å². The lowest BCUT2D eigenvalue weighted by molar-refractivity contribution is -0.113. The van der Waals surface area contributed by atoms with E-state index < -0.39 is 0 Å². The van der Waals surface area contributed by atoms with Crippen molar-refractivity contribution in [1.82, 2.24) is 19.6 Å². The zero-order valence-corrected chi connectivity index (χ0v) is 16.2. The Labute approximate surface area is 161 Å². The second kappa shape index (κ2) is 7.00. The smallest absolute Gasteiger partial charge is 0.234 e. The number of carbonyl (C=O) groups excluding carboxylic acids is 1. The van der Waals surface area contributed by atoms with Crippen LogP contribution in [0.1, 0.15) is 17.0 Å². The lowest BCUT2D eigenvalue weighted by atomic mass is 10.1. The molecule has 0 aliphatic rings. The van der Waals surface area contributed by atoms with E-state index in [9.17, 15) is 4.79 Å². The molecule has 0 saturated heterocycles. The van der Waals surface area contributed by atoms with Crippen molar-refractivity contribution in [1.29, 1.82) is 0 Å². The van der Waals surface area contributed by atoms with Crippen molar-refractivity contribution in [2.45, 2.75) is 25.9 Å². The molecule has 2 heterocycles. The molecular formula is C20H19N5OS. The Morgan fingerprint density at radius 3 is 2.74 bits per heavy atom. The topological polar surface area (TPSA) is 72.2 Å². The average molecular weight is 377 g/mol. The predicted molar refractivity (Wildman–Crippen MR) is 108 cm³/mol. The third-order valence-corrected chi connectivity index (χ3v) is 5.17. The van der Waals surface area contributed by atoms with Gasteiger partial charge in [0.05, 0.1) is 11.3 Å². The zero-order valence-electron chi connectivity index (χ0n) is 15.4. The maximum Gasteiger partial charge on any atom is 0.234 e. The van der Waals surface area contributed by atoms with Crippen molar-refractivity contribution >= 4 is 39.9 Å². The van der Waals surface area contributed by atoms with Crippen molar-refractivity contribution < 1.29 is 4.79 Å². The number of carbonyl (C=O) groups is 1. The molecule has 0 aliphatic heterocycles. The predicted octanol–water partition coefficient (Wildman–Crippen LogP) is 3.93. The van der Waals surface area contributed by atoms with Gasteiger partial charge < -0.3 is 5.32 Å². The van der Waals surface area contributed by atoms with E-state index in [2.05, 4.69) is 26.4 Å². The van der Waals surface area contributed by atoms with Crippen LogP contribution in [0.25, 0.3) is 16.6 Å². The number of nitrogens with zero attached hydrogens (tertiary/aromatic N) is 4. The molecule has 7 heteroatoms. The van der Waals surface area contributed by atoms with Gasteiger partial charge >= 0.3 is 0 Å². The molecule has 136 valence electrons. The molecule has 0 bridgehead atoms. The van der Waals surface area contributed by atoms with E-state index in [4.69, 9.17) is 0 Å². The van der Waals surface area contributed by atoms with Crippen LogP contribution >= 0.6 is 11.8 Å². The Kier molecular flexibility index (Phi) is 4.53. The number of hydrogen-bond donors (Lipinski definition) is 1. The van der Waals surface area contributed by atoms with Crippen LogP contribution in [0.15, 0.2) is 47.6 Å². The molecule has 2 aromatic carbocycles. The number of thioether (sulfide) groups is 1. The van der Waals surface area contributed by atoms with Gasteiger partial charge in [-0.3, -0.25) is 4.79 Å². The summed E-state index contributed by atoms with van der Waals surface area (Å²) in [7, 11) is 0. The summed E-state index contributed by atoms with van der Waals surface area (Å²) in [5.41, 5.74) is 4.65. The zero-order chi connectivity index (χ0) is 19.0. The minimum absolute atomic E-state index is 0.0769. The Balaban J connectivity index is 1.58. The standard InChI is InChI=1S/C20H19N5OS/c1-12-8-9-16(13(2)10-12)22-18(26)11-27-20-23-17-7-5-4-6-15(17)19-21-14(3)24-25(19)20/h4-10H,11H2,1-3H3,(H,22,26). The first-order chi connectivity index (χ1) is 13.0. The first-order valence-corrected chi connectivity index (χ1v) is 9.62. The third-order valence-electron chi connectivity index (χ3n) is 4.24.